The molecule has 0 aromatic heterocycles. The molecule has 1 aliphatic heterocycles. The van der Waals surface area contributed by atoms with Crippen molar-refractivity contribution in [3.8, 4) is 0 Å². The number of ether oxygens (including phenoxy) is 1. The SMILES string of the molecule is C=C1[C@@H]2C[C@H]3OC(=O)[C@@H]2[C@@]13C. The smallest absolute Gasteiger partial charge is 0.310 e. The monoisotopic (exact) mass is 150 g/mol. The zero-order valence-corrected chi connectivity index (χ0v) is 6.46. The first-order valence-electron chi connectivity index (χ1n) is 4.05. The summed E-state index contributed by atoms with van der Waals surface area (Å²) in [5.74, 6) is 0.646. The average molecular weight is 150 g/mol. The van der Waals surface area contributed by atoms with E-state index in [2.05, 4.69) is 13.5 Å². The first-order chi connectivity index (χ1) is 5.15. The molecule has 2 nitrogen and oxygen atoms in total. The van der Waals surface area contributed by atoms with Gasteiger partial charge in [0.05, 0.1) is 5.92 Å². The van der Waals surface area contributed by atoms with E-state index in [1.807, 2.05) is 0 Å². The minimum Gasteiger partial charge on any atom is -0.461 e. The number of carbonyl (C=O) groups excluding carboxylic acids is 1. The van der Waals surface area contributed by atoms with E-state index in [1.54, 1.807) is 0 Å². The highest BCUT2D eigenvalue weighted by atomic mass is 16.6. The van der Waals surface area contributed by atoms with Gasteiger partial charge < -0.3 is 4.74 Å². The molecule has 1 saturated heterocycles. The van der Waals surface area contributed by atoms with Gasteiger partial charge in [0.25, 0.3) is 0 Å². The predicted octanol–water partition coefficient (Wildman–Crippen LogP) is 1.12. The molecule has 11 heavy (non-hydrogen) atoms. The van der Waals surface area contributed by atoms with Gasteiger partial charge in [-0.3, -0.25) is 4.79 Å². The number of hydrogen-bond donors (Lipinski definition) is 0. The van der Waals surface area contributed by atoms with Crippen LogP contribution in [0.3, 0.4) is 0 Å². The largest absolute Gasteiger partial charge is 0.461 e. The summed E-state index contributed by atoms with van der Waals surface area (Å²) in [5.41, 5.74) is 1.28. The third-order valence-electron chi connectivity index (χ3n) is 3.84. The Labute approximate surface area is 65.2 Å². The third-order valence-corrected chi connectivity index (χ3v) is 3.84. The van der Waals surface area contributed by atoms with Crippen LogP contribution in [0.5, 0.6) is 0 Å². The zero-order valence-electron chi connectivity index (χ0n) is 6.46. The zero-order chi connectivity index (χ0) is 7.80. The van der Waals surface area contributed by atoms with Crippen molar-refractivity contribution < 1.29 is 9.53 Å². The van der Waals surface area contributed by atoms with Crippen LogP contribution in [0.25, 0.3) is 0 Å². The van der Waals surface area contributed by atoms with Gasteiger partial charge in [0, 0.05) is 5.41 Å². The Balaban J connectivity index is 2.18. The van der Waals surface area contributed by atoms with Crippen molar-refractivity contribution in [3.63, 3.8) is 0 Å². The molecule has 1 heterocycles. The minimum atomic E-state index is 0.0150. The van der Waals surface area contributed by atoms with Crippen LogP contribution in [0, 0.1) is 17.3 Å². The minimum absolute atomic E-state index is 0.0150. The lowest BCUT2D eigenvalue weighted by Gasteiger charge is -2.40. The van der Waals surface area contributed by atoms with E-state index in [9.17, 15) is 4.79 Å². The van der Waals surface area contributed by atoms with Crippen LogP contribution >= 0.6 is 0 Å². The van der Waals surface area contributed by atoms with Gasteiger partial charge in [-0.2, -0.15) is 0 Å². The second-order valence-electron chi connectivity index (χ2n) is 4.05. The maximum atomic E-state index is 11.2. The molecule has 4 rings (SSSR count). The van der Waals surface area contributed by atoms with E-state index in [0.29, 0.717) is 5.92 Å². The van der Waals surface area contributed by atoms with E-state index in [1.165, 1.54) is 5.57 Å². The standard InChI is InChI=1S/C9H10O2/c1-4-5-3-6-9(4,2)7(5)8(10)11-6/h5-7H,1,3H2,2H3/t5-,6+,7+,9-/m0/s1. The quantitative estimate of drug-likeness (QED) is 0.382. The molecule has 4 fully saturated rings. The van der Waals surface area contributed by atoms with E-state index in [-0.39, 0.29) is 23.4 Å². The fourth-order valence-corrected chi connectivity index (χ4v) is 3.08. The van der Waals surface area contributed by atoms with Gasteiger partial charge in [-0.05, 0) is 12.3 Å². The Kier molecular flexibility index (Phi) is 0.665. The van der Waals surface area contributed by atoms with Gasteiger partial charge >= 0.3 is 5.97 Å². The van der Waals surface area contributed by atoms with Crippen molar-refractivity contribution in [2.75, 3.05) is 0 Å². The summed E-state index contributed by atoms with van der Waals surface area (Å²) >= 11 is 0. The van der Waals surface area contributed by atoms with Crippen LogP contribution in [0.4, 0.5) is 0 Å². The van der Waals surface area contributed by atoms with Crippen LogP contribution in [0.15, 0.2) is 12.2 Å². The molecule has 3 saturated carbocycles. The molecule has 0 aromatic rings. The number of carbonyl (C=O) groups is 1. The Hall–Kier alpha value is -0.790. The Morgan fingerprint density at radius 1 is 1.73 bits per heavy atom. The number of esters is 1. The summed E-state index contributed by atoms with van der Waals surface area (Å²) in [6, 6.07) is 0. The van der Waals surface area contributed by atoms with Gasteiger partial charge in [0.1, 0.15) is 6.10 Å². The van der Waals surface area contributed by atoms with Gasteiger partial charge in [0.15, 0.2) is 0 Å². The topological polar surface area (TPSA) is 26.3 Å². The number of hydrogen-bond acceptors (Lipinski definition) is 2. The summed E-state index contributed by atoms with van der Waals surface area (Å²) < 4.78 is 5.19. The molecule has 4 bridgehead atoms. The van der Waals surface area contributed by atoms with Crippen molar-refractivity contribution in [1.29, 1.82) is 0 Å². The molecular formula is C9H10O2. The fraction of sp³-hybridized carbons (Fsp3) is 0.667. The summed E-state index contributed by atoms with van der Waals surface area (Å²) in [5, 5.41) is 0. The summed E-state index contributed by atoms with van der Waals surface area (Å²) in [7, 11) is 0. The van der Waals surface area contributed by atoms with Crippen LogP contribution in [-0.4, -0.2) is 12.1 Å². The highest BCUT2D eigenvalue weighted by Gasteiger charge is 2.73. The van der Waals surface area contributed by atoms with E-state index < -0.39 is 0 Å². The third kappa shape index (κ3) is 0.346. The lowest BCUT2D eigenvalue weighted by atomic mass is 9.59. The number of rotatable bonds is 0. The second kappa shape index (κ2) is 1.26. The molecule has 2 heteroatoms. The summed E-state index contributed by atoms with van der Waals surface area (Å²) in [6.07, 6.45) is 1.20. The van der Waals surface area contributed by atoms with Gasteiger partial charge in [-0.15, -0.1) is 0 Å². The summed E-state index contributed by atoms with van der Waals surface area (Å²) in [6.45, 7) is 6.11. The maximum Gasteiger partial charge on any atom is 0.310 e. The first kappa shape index (κ1) is 5.81. The molecule has 4 atom stereocenters. The fourth-order valence-electron chi connectivity index (χ4n) is 3.08. The molecule has 0 spiro atoms. The van der Waals surface area contributed by atoms with Gasteiger partial charge in [-0.25, -0.2) is 0 Å². The van der Waals surface area contributed by atoms with E-state index in [0.717, 1.165) is 6.42 Å². The van der Waals surface area contributed by atoms with Crippen molar-refractivity contribution in [1.82, 2.24) is 0 Å². The average Bonchev–Trinajstić information content (AvgIpc) is 2.45. The summed E-state index contributed by atoms with van der Waals surface area (Å²) in [4.78, 5) is 11.2. The molecule has 0 radical (unpaired) electrons. The predicted molar refractivity (Wildman–Crippen MR) is 38.7 cm³/mol. The first-order valence-corrected chi connectivity index (χ1v) is 4.05. The molecular weight excluding hydrogens is 140 g/mol. The van der Waals surface area contributed by atoms with Crippen LogP contribution < -0.4 is 0 Å². The lowest BCUT2D eigenvalue weighted by Crippen LogP contribution is -2.42. The van der Waals surface area contributed by atoms with Crippen LogP contribution in [-0.2, 0) is 9.53 Å². The van der Waals surface area contributed by atoms with E-state index >= 15 is 0 Å². The van der Waals surface area contributed by atoms with Crippen molar-refractivity contribution >= 4 is 5.97 Å². The Morgan fingerprint density at radius 2 is 2.45 bits per heavy atom. The van der Waals surface area contributed by atoms with Crippen molar-refractivity contribution in [2.24, 2.45) is 17.3 Å². The highest BCUT2D eigenvalue weighted by Crippen LogP contribution is 2.70. The molecule has 58 valence electrons. The molecule has 0 N–H and O–H groups in total. The normalized spacial score (nSPS) is 57.7. The maximum absolute atomic E-state index is 11.2. The highest BCUT2D eigenvalue weighted by molar-refractivity contribution is 5.82. The van der Waals surface area contributed by atoms with E-state index in [4.69, 9.17) is 4.74 Å². The van der Waals surface area contributed by atoms with Crippen LogP contribution in [0.1, 0.15) is 13.3 Å². The molecule has 0 unspecified atom stereocenters. The Bertz CT molecular complexity index is 281. The van der Waals surface area contributed by atoms with Crippen molar-refractivity contribution in [3.05, 3.63) is 12.2 Å². The van der Waals surface area contributed by atoms with Crippen LogP contribution in [0.2, 0.25) is 0 Å². The second-order valence-corrected chi connectivity index (χ2v) is 4.05. The lowest BCUT2D eigenvalue weighted by molar-refractivity contribution is -0.149. The van der Waals surface area contributed by atoms with Gasteiger partial charge in [0.2, 0.25) is 0 Å². The Morgan fingerprint density at radius 3 is 2.91 bits per heavy atom. The molecule has 4 aliphatic rings. The van der Waals surface area contributed by atoms with Crippen molar-refractivity contribution in [2.45, 2.75) is 19.4 Å². The van der Waals surface area contributed by atoms with Gasteiger partial charge in [-0.1, -0.05) is 19.1 Å². The molecule has 0 aromatic carbocycles. The molecule has 3 aliphatic carbocycles. The molecule has 0 amide bonds.